The number of hydrogen-bond acceptors (Lipinski definition) is 5. The van der Waals surface area contributed by atoms with Gasteiger partial charge in [-0.2, -0.15) is 0 Å². The van der Waals surface area contributed by atoms with Crippen molar-refractivity contribution in [3.8, 4) is 0 Å². The van der Waals surface area contributed by atoms with Gasteiger partial charge in [0.05, 0.1) is 31.0 Å². The summed E-state index contributed by atoms with van der Waals surface area (Å²) in [7, 11) is 0. The van der Waals surface area contributed by atoms with Crippen LogP contribution in [0.3, 0.4) is 0 Å². The first-order chi connectivity index (χ1) is 11.5. The zero-order valence-electron chi connectivity index (χ0n) is 12.3. The van der Waals surface area contributed by atoms with Crippen molar-refractivity contribution in [1.29, 1.82) is 0 Å². The molecule has 0 bridgehead atoms. The molecule has 2 heterocycles. The molecule has 4 nitrogen and oxygen atoms in total. The van der Waals surface area contributed by atoms with Crippen LogP contribution < -0.4 is 5.32 Å². The van der Waals surface area contributed by atoms with E-state index in [4.69, 9.17) is 0 Å². The maximum absolute atomic E-state index is 13.7. The van der Waals surface area contributed by atoms with Crippen molar-refractivity contribution < 1.29 is 13.6 Å². The zero-order chi connectivity index (χ0) is 16.8. The van der Waals surface area contributed by atoms with Gasteiger partial charge in [-0.25, -0.2) is 18.7 Å². The van der Waals surface area contributed by atoms with Crippen LogP contribution in [0, 0.1) is 18.6 Å². The minimum Gasteiger partial charge on any atom is -0.298 e. The number of halogens is 2. The largest absolute Gasteiger partial charge is 0.298 e. The van der Waals surface area contributed by atoms with Gasteiger partial charge in [0.1, 0.15) is 11.6 Å². The van der Waals surface area contributed by atoms with Gasteiger partial charge in [-0.1, -0.05) is 11.3 Å². The third-order valence-corrected chi connectivity index (χ3v) is 5.55. The number of thiazole rings is 2. The number of benzene rings is 2. The first-order valence-electron chi connectivity index (χ1n) is 6.94. The monoisotopic (exact) mass is 361 g/mol. The summed E-state index contributed by atoms with van der Waals surface area (Å²) < 4.78 is 28.6. The highest BCUT2D eigenvalue weighted by Crippen LogP contribution is 2.35. The fraction of sp³-hybridized carbons (Fsp3) is 0.0625. The number of anilines is 1. The molecule has 0 fully saturated rings. The maximum Gasteiger partial charge on any atom is 0.260 e. The highest BCUT2D eigenvalue weighted by molar-refractivity contribution is 7.28. The Morgan fingerprint density at radius 2 is 1.75 bits per heavy atom. The lowest BCUT2D eigenvalue weighted by Gasteiger charge is -2.02. The van der Waals surface area contributed by atoms with E-state index in [1.165, 1.54) is 11.3 Å². The van der Waals surface area contributed by atoms with Gasteiger partial charge < -0.3 is 0 Å². The van der Waals surface area contributed by atoms with Gasteiger partial charge in [-0.15, -0.1) is 11.3 Å². The fourth-order valence-corrected chi connectivity index (χ4v) is 4.38. The Balaban J connectivity index is 1.71. The molecule has 0 aliphatic rings. The topological polar surface area (TPSA) is 54.9 Å². The SMILES string of the molecule is Cc1nc2ccc3nc(NC(=O)c4ccc(F)cc4F)sc3c2s1. The Morgan fingerprint density at radius 1 is 1.04 bits per heavy atom. The summed E-state index contributed by atoms with van der Waals surface area (Å²) in [6.07, 6.45) is 0. The average Bonchev–Trinajstić information content (AvgIpc) is 3.08. The summed E-state index contributed by atoms with van der Waals surface area (Å²) in [5, 5.41) is 3.88. The van der Waals surface area contributed by atoms with Gasteiger partial charge in [0.15, 0.2) is 5.13 Å². The van der Waals surface area contributed by atoms with Gasteiger partial charge >= 0.3 is 0 Å². The van der Waals surface area contributed by atoms with E-state index in [0.717, 1.165) is 37.6 Å². The molecule has 24 heavy (non-hydrogen) atoms. The Kier molecular flexibility index (Phi) is 3.50. The molecule has 0 aliphatic carbocycles. The number of aryl methyl sites for hydroxylation is 1. The first-order valence-corrected chi connectivity index (χ1v) is 8.57. The molecule has 0 atom stereocenters. The van der Waals surface area contributed by atoms with E-state index in [1.54, 1.807) is 11.3 Å². The van der Waals surface area contributed by atoms with Crippen LogP contribution in [0.15, 0.2) is 30.3 Å². The van der Waals surface area contributed by atoms with Crippen LogP contribution in [0.25, 0.3) is 20.4 Å². The lowest BCUT2D eigenvalue weighted by molar-refractivity contribution is 0.102. The fourth-order valence-electron chi connectivity index (χ4n) is 2.38. The third kappa shape index (κ3) is 2.53. The summed E-state index contributed by atoms with van der Waals surface area (Å²) in [5.41, 5.74) is 1.40. The second-order valence-electron chi connectivity index (χ2n) is 5.09. The van der Waals surface area contributed by atoms with E-state index in [2.05, 4.69) is 15.3 Å². The molecule has 0 unspecified atom stereocenters. The van der Waals surface area contributed by atoms with Crippen LogP contribution in [0.4, 0.5) is 13.9 Å². The second kappa shape index (κ2) is 5.57. The van der Waals surface area contributed by atoms with Crippen LogP contribution in [-0.4, -0.2) is 15.9 Å². The number of hydrogen-bond donors (Lipinski definition) is 1. The summed E-state index contributed by atoms with van der Waals surface area (Å²) in [4.78, 5) is 21.0. The van der Waals surface area contributed by atoms with Gasteiger partial charge in [0.25, 0.3) is 5.91 Å². The van der Waals surface area contributed by atoms with Crippen molar-refractivity contribution in [3.63, 3.8) is 0 Å². The first kappa shape index (κ1) is 15.1. The van der Waals surface area contributed by atoms with Gasteiger partial charge in [0.2, 0.25) is 0 Å². The molecule has 8 heteroatoms. The lowest BCUT2D eigenvalue weighted by atomic mass is 10.2. The van der Waals surface area contributed by atoms with E-state index in [-0.39, 0.29) is 5.56 Å². The minimum atomic E-state index is -0.908. The van der Waals surface area contributed by atoms with E-state index in [0.29, 0.717) is 11.2 Å². The van der Waals surface area contributed by atoms with E-state index in [1.807, 2.05) is 19.1 Å². The highest BCUT2D eigenvalue weighted by Gasteiger charge is 2.16. The van der Waals surface area contributed by atoms with E-state index >= 15 is 0 Å². The summed E-state index contributed by atoms with van der Waals surface area (Å²) >= 11 is 2.86. The molecule has 2 aromatic heterocycles. The maximum atomic E-state index is 13.7. The number of carbonyl (C=O) groups excluding carboxylic acids is 1. The van der Waals surface area contributed by atoms with Crippen LogP contribution >= 0.6 is 22.7 Å². The molecule has 0 saturated heterocycles. The Labute approximate surface area is 142 Å². The van der Waals surface area contributed by atoms with Crippen molar-refractivity contribution in [2.24, 2.45) is 0 Å². The number of rotatable bonds is 2. The zero-order valence-corrected chi connectivity index (χ0v) is 13.9. The Bertz CT molecular complexity index is 1100. The van der Waals surface area contributed by atoms with Crippen LogP contribution in [0.2, 0.25) is 0 Å². The van der Waals surface area contributed by atoms with Gasteiger partial charge in [-0.3, -0.25) is 10.1 Å². The molecule has 0 aliphatic heterocycles. The van der Waals surface area contributed by atoms with Crippen LogP contribution in [0.5, 0.6) is 0 Å². The average molecular weight is 361 g/mol. The lowest BCUT2D eigenvalue weighted by Crippen LogP contribution is -2.13. The number of aromatic nitrogens is 2. The number of nitrogens with one attached hydrogen (secondary N) is 1. The molecule has 1 N–H and O–H groups in total. The Morgan fingerprint density at radius 3 is 2.50 bits per heavy atom. The number of carbonyl (C=O) groups is 1. The van der Waals surface area contributed by atoms with Crippen molar-refractivity contribution >= 4 is 54.1 Å². The molecule has 0 saturated carbocycles. The highest BCUT2D eigenvalue weighted by atomic mass is 32.1. The quantitative estimate of drug-likeness (QED) is 0.561. The van der Waals surface area contributed by atoms with Crippen molar-refractivity contribution in [1.82, 2.24) is 9.97 Å². The third-order valence-electron chi connectivity index (χ3n) is 3.42. The van der Waals surface area contributed by atoms with E-state index in [9.17, 15) is 13.6 Å². The van der Waals surface area contributed by atoms with Crippen LogP contribution in [-0.2, 0) is 0 Å². The number of amides is 1. The molecule has 1 amide bonds. The van der Waals surface area contributed by atoms with Crippen molar-refractivity contribution in [3.05, 3.63) is 52.5 Å². The number of fused-ring (bicyclic) bond motifs is 3. The summed E-state index contributed by atoms with van der Waals surface area (Å²) in [5.74, 6) is -2.30. The molecule has 0 spiro atoms. The van der Waals surface area contributed by atoms with Gasteiger partial charge in [0, 0.05) is 6.07 Å². The molecule has 4 rings (SSSR count). The normalized spacial score (nSPS) is 11.3. The molecule has 2 aromatic carbocycles. The Hall–Kier alpha value is -2.45. The predicted molar refractivity (Wildman–Crippen MR) is 91.8 cm³/mol. The molecule has 0 radical (unpaired) electrons. The smallest absolute Gasteiger partial charge is 0.260 e. The second-order valence-corrected chi connectivity index (χ2v) is 7.29. The molecular formula is C16H9F2N3OS2. The van der Waals surface area contributed by atoms with Gasteiger partial charge in [-0.05, 0) is 31.2 Å². The van der Waals surface area contributed by atoms with Crippen molar-refractivity contribution in [2.45, 2.75) is 6.92 Å². The summed E-state index contributed by atoms with van der Waals surface area (Å²) in [6, 6.07) is 6.54. The van der Waals surface area contributed by atoms with Crippen LogP contribution in [0.1, 0.15) is 15.4 Å². The number of nitrogens with zero attached hydrogens (tertiary/aromatic N) is 2. The molecule has 120 valence electrons. The standard InChI is InChI=1S/C16H9F2N3OS2/c1-7-19-11-4-5-12-14(13(11)23-7)24-16(20-12)21-15(22)9-3-2-8(17)6-10(9)18/h2-6H,1H3,(H,20,21,22). The molecule has 4 aromatic rings. The predicted octanol–water partition coefficient (Wildman–Crippen LogP) is 4.74. The minimum absolute atomic E-state index is 0.227. The van der Waals surface area contributed by atoms with Crippen molar-refractivity contribution in [2.75, 3.05) is 5.32 Å². The summed E-state index contributed by atoms with van der Waals surface area (Å²) in [6.45, 7) is 1.93. The van der Waals surface area contributed by atoms with E-state index < -0.39 is 17.5 Å². The molecular weight excluding hydrogens is 352 g/mol.